The summed E-state index contributed by atoms with van der Waals surface area (Å²) in [4.78, 5) is 117. The van der Waals surface area contributed by atoms with Crippen LogP contribution in [-0.2, 0) is 40.7 Å². The average Bonchev–Trinajstić information content (AvgIpc) is 1.61. The summed E-state index contributed by atoms with van der Waals surface area (Å²) >= 11 is 14.7. The highest BCUT2D eigenvalue weighted by Gasteiger charge is 2.51. The molecule has 10 N–H and O–H groups in total. The lowest BCUT2D eigenvalue weighted by Crippen LogP contribution is -2.26. The smallest absolute Gasteiger partial charge is 0.337 e. The first-order valence-corrected chi connectivity index (χ1v) is 34.8. The van der Waals surface area contributed by atoms with E-state index in [4.69, 9.17) is 56.6 Å². The van der Waals surface area contributed by atoms with Gasteiger partial charge in [0.2, 0.25) is 0 Å². The number of nitrogens with one attached hydrogen (secondary N) is 1. The lowest BCUT2D eigenvalue weighted by atomic mass is 9.95. The maximum absolute atomic E-state index is 12.5. The third kappa shape index (κ3) is 18.3. The molecule has 6 aromatic carbocycles. The van der Waals surface area contributed by atoms with Gasteiger partial charge in [-0.05, 0) is 160 Å². The van der Waals surface area contributed by atoms with Gasteiger partial charge in [-0.1, -0.05) is 85.0 Å². The van der Waals surface area contributed by atoms with Gasteiger partial charge >= 0.3 is 17.9 Å². The number of carbonyl (C=O) groups excluding carboxylic acids is 8. The Kier molecular flexibility index (Phi) is 24.9. The molecule has 3 heterocycles. The van der Waals surface area contributed by atoms with E-state index in [-0.39, 0.29) is 74.0 Å². The number of Topliss-reactive ketones (excluding diaryl/α,β-unsaturated/α-hetero) is 5. The number of aromatic nitrogens is 3. The first-order chi connectivity index (χ1) is 47.5. The van der Waals surface area contributed by atoms with E-state index >= 15 is 0 Å². The first kappa shape index (κ1) is 75.8. The van der Waals surface area contributed by atoms with Crippen molar-refractivity contribution in [3.05, 3.63) is 238 Å². The minimum atomic E-state index is -0.935. The zero-order valence-electron chi connectivity index (χ0n) is 55.9. The number of benzene rings is 6. The fourth-order valence-corrected chi connectivity index (χ4v) is 14.2. The van der Waals surface area contributed by atoms with Crippen LogP contribution in [0.5, 0.6) is 0 Å². The SMILES string of the molecule is CC(=O)C(Cl)C(C)=O.CC(=O)c1cnc(C2(c3ccc(C(=O)Nc4ccccc4N)cc3)CC2)s1.CC(=O)c1cnc(C2(c3ccc(C(=O)O)cc3)CC2)s1.COC(=O)c1ccc(C2(C(N)=S)CC2)cc1.COC(=O)c1ccc(C2(c3ncc(C(C)=O)s3)CC2)cc1.Nc1ccccc1N. The van der Waals surface area contributed by atoms with Crippen molar-refractivity contribution >= 4 is 138 Å². The molecule has 25 heteroatoms. The number of ether oxygens (including phenoxy) is 2. The number of rotatable bonds is 18. The molecule has 518 valence electrons. The molecule has 4 aliphatic rings. The molecule has 100 heavy (non-hydrogen) atoms. The number of hydrogen-bond acceptors (Lipinski definition) is 21. The first-order valence-electron chi connectivity index (χ1n) is 31.5. The van der Waals surface area contributed by atoms with E-state index < -0.39 is 11.3 Å². The van der Waals surface area contributed by atoms with E-state index in [0.29, 0.717) is 59.1 Å². The number of nitrogen functional groups attached to an aromatic ring is 3. The number of carboxylic acids is 1. The van der Waals surface area contributed by atoms with Crippen LogP contribution >= 0.6 is 57.8 Å². The van der Waals surface area contributed by atoms with Crippen molar-refractivity contribution in [2.45, 2.75) is 113 Å². The van der Waals surface area contributed by atoms with Crippen molar-refractivity contribution in [3.8, 4) is 0 Å². The van der Waals surface area contributed by atoms with E-state index in [1.807, 2.05) is 84.9 Å². The number of carboxylic acid groups (broad SMARTS) is 1. The lowest BCUT2D eigenvalue weighted by Gasteiger charge is -2.13. The van der Waals surface area contributed by atoms with Gasteiger partial charge in [0.05, 0.1) is 73.3 Å². The normalized spacial score (nSPS) is 14.5. The summed E-state index contributed by atoms with van der Waals surface area (Å²) in [5.74, 6) is -2.24. The van der Waals surface area contributed by atoms with Crippen LogP contribution in [0.4, 0.5) is 22.7 Å². The summed E-state index contributed by atoms with van der Waals surface area (Å²) in [5.41, 5.74) is 30.8. The molecule has 4 saturated carbocycles. The van der Waals surface area contributed by atoms with Crippen LogP contribution in [0.15, 0.2) is 164 Å². The van der Waals surface area contributed by atoms with Crippen molar-refractivity contribution in [2.75, 3.05) is 36.7 Å². The van der Waals surface area contributed by atoms with E-state index in [1.165, 1.54) is 62.1 Å². The molecule has 0 unspecified atom stereocenters. The number of halogens is 1. The number of hydrogen-bond donors (Lipinski definition) is 6. The summed E-state index contributed by atoms with van der Waals surface area (Å²) < 4.78 is 9.34. The molecule has 0 aliphatic heterocycles. The summed E-state index contributed by atoms with van der Waals surface area (Å²) in [7, 11) is 2.74. The zero-order chi connectivity index (χ0) is 72.9. The van der Waals surface area contributed by atoms with Crippen molar-refractivity contribution in [2.24, 2.45) is 5.73 Å². The monoisotopic (exact) mass is 1440 g/mol. The van der Waals surface area contributed by atoms with Crippen molar-refractivity contribution in [1.82, 2.24) is 15.0 Å². The number of nitrogens with two attached hydrogens (primary N) is 4. The molecular formula is C75H75ClN8O12S4. The second-order valence-corrected chi connectivity index (χ2v) is 28.3. The fourth-order valence-electron chi connectivity index (χ4n) is 10.6. The molecule has 0 bridgehead atoms. The van der Waals surface area contributed by atoms with Gasteiger partial charge in [0.1, 0.15) is 20.4 Å². The van der Waals surface area contributed by atoms with E-state index in [2.05, 4.69) is 25.0 Å². The van der Waals surface area contributed by atoms with Gasteiger partial charge in [0, 0.05) is 66.6 Å². The summed E-state index contributed by atoms with van der Waals surface area (Å²) in [5, 5.41) is 13.7. The number of thiocarbonyl (C=S) groups is 1. The highest BCUT2D eigenvalue weighted by Crippen LogP contribution is 2.57. The number of para-hydroxylation sites is 4. The number of ketones is 5. The molecule has 1 amide bonds. The van der Waals surface area contributed by atoms with Crippen molar-refractivity contribution < 1.29 is 57.7 Å². The van der Waals surface area contributed by atoms with Gasteiger partial charge in [-0.3, -0.25) is 28.8 Å². The average molecular weight is 1440 g/mol. The van der Waals surface area contributed by atoms with Gasteiger partial charge in [-0.25, -0.2) is 29.3 Å². The number of carbonyl (C=O) groups is 9. The van der Waals surface area contributed by atoms with E-state index in [0.717, 1.165) is 88.6 Å². The molecule has 0 spiro atoms. The van der Waals surface area contributed by atoms with Gasteiger partial charge in [-0.15, -0.1) is 45.6 Å². The Morgan fingerprint density at radius 2 is 0.780 bits per heavy atom. The molecule has 0 saturated heterocycles. The molecule has 9 aromatic rings. The molecule has 13 rings (SSSR count). The second kappa shape index (κ2) is 32.8. The summed E-state index contributed by atoms with van der Waals surface area (Å²) in [6, 6.07) is 43.7. The maximum Gasteiger partial charge on any atom is 0.337 e. The van der Waals surface area contributed by atoms with Gasteiger partial charge in [0.25, 0.3) is 5.91 Å². The number of aromatic carboxylic acids is 1. The predicted molar refractivity (Wildman–Crippen MR) is 395 cm³/mol. The van der Waals surface area contributed by atoms with Gasteiger partial charge < -0.3 is 42.8 Å². The summed E-state index contributed by atoms with van der Waals surface area (Å²) in [6.45, 7) is 7.24. The Hall–Kier alpha value is -9.98. The Bertz CT molecular complexity index is 4480. The number of esters is 2. The minimum absolute atomic E-state index is 0.0331. The van der Waals surface area contributed by atoms with Crippen LogP contribution in [0.2, 0.25) is 0 Å². The van der Waals surface area contributed by atoms with Crippen molar-refractivity contribution in [3.63, 3.8) is 0 Å². The van der Waals surface area contributed by atoms with Crippen LogP contribution in [0.25, 0.3) is 0 Å². The minimum Gasteiger partial charge on any atom is -0.478 e. The lowest BCUT2D eigenvalue weighted by molar-refractivity contribution is -0.124. The highest BCUT2D eigenvalue weighted by molar-refractivity contribution is 7.80. The molecule has 20 nitrogen and oxygen atoms in total. The van der Waals surface area contributed by atoms with Crippen LogP contribution in [0.1, 0.15) is 194 Å². The van der Waals surface area contributed by atoms with Crippen LogP contribution in [-0.4, -0.2) is 97.4 Å². The zero-order valence-corrected chi connectivity index (χ0v) is 59.9. The largest absolute Gasteiger partial charge is 0.478 e. The number of anilines is 4. The topological polar surface area (TPSA) is 347 Å². The molecule has 4 fully saturated rings. The molecular weight excluding hydrogens is 1370 g/mol. The molecule has 0 atom stereocenters. The second-order valence-electron chi connectivity index (χ2n) is 24.3. The highest BCUT2D eigenvalue weighted by atomic mass is 35.5. The Labute approximate surface area is 600 Å². The number of alkyl halides is 1. The van der Waals surface area contributed by atoms with E-state index in [1.54, 1.807) is 100 Å². The Balaban J connectivity index is 0.000000160. The summed E-state index contributed by atoms with van der Waals surface area (Å²) in [6.07, 6.45) is 13.0. The number of methoxy groups -OCH3 is 2. The van der Waals surface area contributed by atoms with Crippen LogP contribution < -0.4 is 28.3 Å². The standard InChI is InChI=1S/C21H19N3O2S.C16H15NO3S.C15H13NO3S.C12H13NO2S.C6H8N2.C5H7ClO2/c1-13(25)18-12-23-20(27-18)21(10-11-21)15-8-6-14(7-9-15)19(26)24-17-5-3-2-4-16(17)22;1-10(18)13-9-17-15(21-13)16(7-8-16)12-5-3-11(4-6-12)14(19)20-2;1-9(17)12-8-16-14(20-12)15(6-7-15)11-4-2-10(3-5-11)13(18)19;1-15-10(14)8-2-4-9(5-3-8)12(6-7-12)11(13)16;7-5-3-1-2-4-6(5)8;1-3(7)5(6)4(2)8/h2-9,12H,10-11,22H2,1H3,(H,24,26);3-6,9H,7-8H2,1-2H3;2-5,8H,6-7H2,1H3,(H,18,19);2-5H,6-7H2,1H3,(H2,13,16);1-4H,7-8H2;5H,1-2H3. The molecule has 4 aliphatic carbocycles. The van der Waals surface area contributed by atoms with Crippen molar-refractivity contribution in [1.29, 1.82) is 0 Å². The van der Waals surface area contributed by atoms with Gasteiger partial charge in [-0.2, -0.15) is 0 Å². The maximum atomic E-state index is 12.5. The predicted octanol–water partition coefficient (Wildman–Crippen LogP) is 14.0. The van der Waals surface area contributed by atoms with E-state index in [9.17, 15) is 43.2 Å². The Morgan fingerprint density at radius 1 is 0.470 bits per heavy atom. The number of amides is 1. The number of nitrogens with zero attached hydrogens (tertiary/aromatic N) is 3. The third-order valence-electron chi connectivity index (χ3n) is 17.3. The molecule has 3 aromatic heterocycles. The third-order valence-corrected chi connectivity index (χ3v) is 22.2. The molecule has 0 radical (unpaired) electrons. The van der Waals surface area contributed by atoms with Crippen LogP contribution in [0.3, 0.4) is 0 Å². The quantitative estimate of drug-likeness (QED) is 0.0116. The number of thiazole rings is 3. The Morgan fingerprint density at radius 3 is 1.03 bits per heavy atom. The fraction of sp³-hybridized carbons (Fsp3) is 0.267. The van der Waals surface area contributed by atoms with Crippen LogP contribution in [0, 0.1) is 0 Å². The van der Waals surface area contributed by atoms with Gasteiger partial charge in [0.15, 0.2) is 28.9 Å².